The third-order valence-corrected chi connectivity index (χ3v) is 5.86. The fourth-order valence-corrected chi connectivity index (χ4v) is 4.16. The number of thiocarbonyl (C=S) groups is 1. The minimum Gasteiger partial charge on any atom is -0.339 e. The van der Waals surface area contributed by atoms with Gasteiger partial charge in [-0.2, -0.15) is 0 Å². The van der Waals surface area contributed by atoms with Crippen molar-refractivity contribution in [3.05, 3.63) is 64.1 Å². The molecule has 7 heteroatoms. The largest absolute Gasteiger partial charge is 0.339 e. The first-order chi connectivity index (χ1) is 14.0. The van der Waals surface area contributed by atoms with Crippen molar-refractivity contribution in [2.45, 2.75) is 38.1 Å². The monoisotopic (exact) mass is 473 g/mol. The van der Waals surface area contributed by atoms with Gasteiger partial charge in [-0.15, -0.1) is 0 Å². The summed E-state index contributed by atoms with van der Waals surface area (Å²) in [5, 5.41) is 5.82. The summed E-state index contributed by atoms with van der Waals surface area (Å²) in [6.07, 6.45) is 5.64. The van der Waals surface area contributed by atoms with Gasteiger partial charge in [0, 0.05) is 23.1 Å². The molecule has 0 aliphatic heterocycles. The second-order valence-corrected chi connectivity index (χ2v) is 8.50. The topological polar surface area (TPSA) is 61.4 Å². The first kappa shape index (κ1) is 21.5. The Morgan fingerprint density at radius 2 is 1.79 bits per heavy atom. The van der Waals surface area contributed by atoms with E-state index in [2.05, 4.69) is 26.6 Å². The molecule has 0 spiro atoms. The zero-order valence-corrected chi connectivity index (χ0v) is 18.7. The van der Waals surface area contributed by atoms with E-state index in [1.54, 1.807) is 30.3 Å². The van der Waals surface area contributed by atoms with Crippen LogP contribution in [0.2, 0.25) is 0 Å². The predicted octanol–water partition coefficient (Wildman–Crippen LogP) is 4.98. The fourth-order valence-electron chi connectivity index (χ4n) is 3.56. The van der Waals surface area contributed by atoms with Crippen LogP contribution in [0, 0.1) is 0 Å². The van der Waals surface area contributed by atoms with E-state index in [0.29, 0.717) is 16.8 Å². The van der Waals surface area contributed by atoms with E-state index in [1.807, 2.05) is 30.1 Å². The number of para-hydroxylation sites is 1. The van der Waals surface area contributed by atoms with Gasteiger partial charge in [-0.05, 0) is 55.4 Å². The maximum absolute atomic E-state index is 13.1. The lowest BCUT2D eigenvalue weighted by Gasteiger charge is -2.31. The molecule has 1 aliphatic carbocycles. The van der Waals surface area contributed by atoms with E-state index < -0.39 is 0 Å². The molecule has 2 N–H and O–H groups in total. The third-order valence-electron chi connectivity index (χ3n) is 5.16. The quantitative estimate of drug-likeness (QED) is 0.614. The Morgan fingerprint density at radius 3 is 2.52 bits per heavy atom. The standard InChI is InChI=1S/C22H24BrN3O2S/c1-26(17-10-3-2-4-11-17)21(28)18-12-5-6-13-19(18)24-22(29)25-20(27)15-8-7-9-16(23)14-15/h5-9,12-14,17H,2-4,10-11H2,1H3,(H2,24,25,27,29). The molecule has 0 radical (unpaired) electrons. The molecule has 152 valence electrons. The van der Waals surface area contributed by atoms with Crippen LogP contribution in [0.25, 0.3) is 0 Å². The minimum absolute atomic E-state index is 0.0406. The molecule has 0 saturated heterocycles. The number of halogens is 1. The molecule has 2 aromatic carbocycles. The number of carbonyl (C=O) groups excluding carboxylic acids is 2. The number of rotatable bonds is 4. The highest BCUT2D eigenvalue weighted by molar-refractivity contribution is 9.10. The van der Waals surface area contributed by atoms with Gasteiger partial charge in [0.25, 0.3) is 11.8 Å². The van der Waals surface area contributed by atoms with Gasteiger partial charge < -0.3 is 10.2 Å². The molecular formula is C22H24BrN3O2S. The maximum Gasteiger partial charge on any atom is 0.257 e. The molecule has 2 amide bonds. The summed E-state index contributed by atoms with van der Waals surface area (Å²) in [6, 6.07) is 14.6. The van der Waals surface area contributed by atoms with Crippen molar-refractivity contribution in [2.75, 3.05) is 12.4 Å². The first-order valence-electron chi connectivity index (χ1n) is 9.70. The highest BCUT2D eigenvalue weighted by Crippen LogP contribution is 2.25. The number of carbonyl (C=O) groups is 2. The smallest absolute Gasteiger partial charge is 0.257 e. The lowest BCUT2D eigenvalue weighted by atomic mass is 9.94. The highest BCUT2D eigenvalue weighted by atomic mass is 79.9. The number of nitrogens with zero attached hydrogens (tertiary/aromatic N) is 1. The van der Waals surface area contributed by atoms with E-state index in [4.69, 9.17) is 12.2 Å². The van der Waals surface area contributed by atoms with Gasteiger partial charge in [0.2, 0.25) is 0 Å². The maximum atomic E-state index is 13.1. The van der Waals surface area contributed by atoms with Gasteiger partial charge in [-0.3, -0.25) is 14.9 Å². The van der Waals surface area contributed by atoms with E-state index in [1.165, 1.54) is 6.42 Å². The normalized spacial score (nSPS) is 14.1. The number of benzene rings is 2. The molecule has 1 fully saturated rings. The van der Waals surface area contributed by atoms with Gasteiger partial charge in [-0.1, -0.05) is 53.4 Å². The summed E-state index contributed by atoms with van der Waals surface area (Å²) >= 11 is 8.65. The summed E-state index contributed by atoms with van der Waals surface area (Å²) in [6.45, 7) is 0. The number of nitrogens with one attached hydrogen (secondary N) is 2. The van der Waals surface area contributed by atoms with Crippen molar-refractivity contribution in [3.63, 3.8) is 0 Å². The average molecular weight is 474 g/mol. The highest BCUT2D eigenvalue weighted by Gasteiger charge is 2.24. The average Bonchev–Trinajstić information content (AvgIpc) is 2.73. The predicted molar refractivity (Wildman–Crippen MR) is 123 cm³/mol. The second-order valence-electron chi connectivity index (χ2n) is 7.17. The second kappa shape index (κ2) is 9.98. The lowest BCUT2D eigenvalue weighted by molar-refractivity contribution is 0.0697. The molecule has 0 unspecified atom stereocenters. The van der Waals surface area contributed by atoms with Crippen LogP contribution in [0.4, 0.5) is 5.69 Å². The van der Waals surface area contributed by atoms with Crippen LogP contribution in [-0.2, 0) is 0 Å². The van der Waals surface area contributed by atoms with E-state index in [-0.39, 0.29) is 23.0 Å². The third kappa shape index (κ3) is 5.64. The summed E-state index contributed by atoms with van der Waals surface area (Å²) in [5.74, 6) is -0.354. The van der Waals surface area contributed by atoms with Crippen LogP contribution in [0.3, 0.4) is 0 Å². The van der Waals surface area contributed by atoms with Gasteiger partial charge in [-0.25, -0.2) is 0 Å². The summed E-state index contributed by atoms with van der Waals surface area (Å²) in [7, 11) is 1.86. The van der Waals surface area contributed by atoms with Gasteiger partial charge in [0.15, 0.2) is 5.11 Å². The number of anilines is 1. The molecule has 1 aliphatic rings. The molecule has 3 rings (SSSR count). The van der Waals surface area contributed by atoms with Crippen molar-refractivity contribution in [2.24, 2.45) is 0 Å². The zero-order valence-electron chi connectivity index (χ0n) is 16.3. The van der Waals surface area contributed by atoms with Crippen LogP contribution in [0.1, 0.15) is 52.8 Å². The van der Waals surface area contributed by atoms with Gasteiger partial charge >= 0.3 is 0 Å². The Hall–Kier alpha value is -2.25. The molecule has 1 saturated carbocycles. The number of hydrogen-bond acceptors (Lipinski definition) is 3. The molecule has 0 atom stereocenters. The van der Waals surface area contributed by atoms with Crippen molar-refractivity contribution in [1.29, 1.82) is 0 Å². The summed E-state index contributed by atoms with van der Waals surface area (Å²) in [5.41, 5.74) is 1.62. The Labute approximate surface area is 185 Å². The zero-order chi connectivity index (χ0) is 20.8. The molecule has 0 bridgehead atoms. The Bertz CT molecular complexity index is 912. The van der Waals surface area contributed by atoms with Crippen LogP contribution < -0.4 is 10.6 Å². The Kier molecular flexibility index (Phi) is 7.39. The molecule has 29 heavy (non-hydrogen) atoms. The Morgan fingerprint density at radius 1 is 1.07 bits per heavy atom. The van der Waals surface area contributed by atoms with Gasteiger partial charge in [0.1, 0.15) is 0 Å². The lowest BCUT2D eigenvalue weighted by Crippen LogP contribution is -2.39. The van der Waals surface area contributed by atoms with Crippen molar-refractivity contribution in [1.82, 2.24) is 10.2 Å². The van der Waals surface area contributed by atoms with Crippen LogP contribution >= 0.6 is 28.1 Å². The van der Waals surface area contributed by atoms with Crippen molar-refractivity contribution in [3.8, 4) is 0 Å². The number of amides is 2. The van der Waals surface area contributed by atoms with Crippen LogP contribution in [0.15, 0.2) is 53.0 Å². The summed E-state index contributed by atoms with van der Waals surface area (Å²) < 4.78 is 0.811. The molecule has 0 aromatic heterocycles. The molecule has 5 nitrogen and oxygen atoms in total. The molecule has 2 aromatic rings. The SMILES string of the molecule is CN(C(=O)c1ccccc1NC(=S)NC(=O)c1cccc(Br)c1)C1CCCCC1. The van der Waals surface area contributed by atoms with Gasteiger partial charge in [0.05, 0.1) is 11.3 Å². The van der Waals surface area contributed by atoms with Crippen molar-refractivity contribution >= 4 is 50.8 Å². The summed E-state index contributed by atoms with van der Waals surface area (Å²) in [4.78, 5) is 27.3. The first-order valence-corrected chi connectivity index (χ1v) is 10.9. The minimum atomic E-state index is -0.313. The molecular weight excluding hydrogens is 450 g/mol. The van der Waals surface area contributed by atoms with Crippen LogP contribution in [-0.4, -0.2) is 34.9 Å². The van der Waals surface area contributed by atoms with E-state index >= 15 is 0 Å². The number of hydrogen-bond donors (Lipinski definition) is 2. The van der Waals surface area contributed by atoms with Crippen molar-refractivity contribution < 1.29 is 9.59 Å². The Balaban J connectivity index is 1.69. The van der Waals surface area contributed by atoms with E-state index in [0.717, 1.165) is 30.2 Å². The fraction of sp³-hybridized carbons (Fsp3) is 0.318. The van der Waals surface area contributed by atoms with Crippen LogP contribution in [0.5, 0.6) is 0 Å². The molecule has 0 heterocycles. The van der Waals surface area contributed by atoms with E-state index in [9.17, 15) is 9.59 Å².